The van der Waals surface area contributed by atoms with Crippen LogP contribution in [0, 0.1) is 6.92 Å². The fourth-order valence-electron chi connectivity index (χ4n) is 1.21. The molecule has 68 valence electrons. The lowest BCUT2D eigenvalue weighted by Gasteiger charge is -2.05. The minimum Gasteiger partial charge on any atom is -0.147 e. The van der Waals surface area contributed by atoms with Gasteiger partial charge in [0.15, 0.2) is 0 Å². The largest absolute Gasteiger partial charge is 0.147 e. The Kier molecular flexibility index (Phi) is 2.86. The van der Waals surface area contributed by atoms with Crippen molar-refractivity contribution in [3.8, 4) is 0 Å². The van der Waals surface area contributed by atoms with E-state index in [9.17, 15) is 0 Å². The summed E-state index contributed by atoms with van der Waals surface area (Å²) in [6.45, 7) is 2.16. The molecule has 1 atom stereocenters. The number of aryl methyl sites for hydroxylation is 1. The van der Waals surface area contributed by atoms with Gasteiger partial charge in [-0.2, -0.15) is 0 Å². The minimum atomic E-state index is 0.382. The summed E-state index contributed by atoms with van der Waals surface area (Å²) < 4.78 is 0. The molecule has 1 unspecified atom stereocenters. The highest BCUT2D eigenvalue weighted by atomic mass is 79.9. The van der Waals surface area contributed by atoms with Crippen molar-refractivity contribution in [1.82, 2.24) is 0 Å². The van der Waals surface area contributed by atoms with Gasteiger partial charge in [0.25, 0.3) is 0 Å². The van der Waals surface area contributed by atoms with Crippen LogP contribution in [0.25, 0.3) is 0 Å². The highest BCUT2D eigenvalue weighted by molar-refractivity contribution is 9.09. The molecule has 13 heavy (non-hydrogen) atoms. The van der Waals surface area contributed by atoms with Gasteiger partial charge in [0, 0.05) is 9.75 Å². The highest BCUT2D eigenvalue weighted by Crippen LogP contribution is 2.37. The SMILES string of the molecule is Cc1ccsc1C(Br)c1cccs1. The number of hydrogen-bond acceptors (Lipinski definition) is 2. The smallest absolute Gasteiger partial charge is 0.0833 e. The molecule has 2 heterocycles. The Labute approximate surface area is 94.4 Å². The fourth-order valence-corrected chi connectivity index (χ4v) is 4.07. The Hall–Kier alpha value is -0.120. The highest BCUT2D eigenvalue weighted by Gasteiger charge is 2.14. The van der Waals surface area contributed by atoms with E-state index >= 15 is 0 Å². The van der Waals surface area contributed by atoms with Gasteiger partial charge in [0.1, 0.15) is 0 Å². The first-order valence-corrected chi connectivity index (χ1v) is 6.68. The molecule has 0 fully saturated rings. The van der Waals surface area contributed by atoms with E-state index in [1.165, 1.54) is 15.3 Å². The zero-order valence-electron chi connectivity index (χ0n) is 7.16. The Morgan fingerprint density at radius 2 is 2.08 bits per heavy atom. The summed E-state index contributed by atoms with van der Waals surface area (Å²) in [6, 6.07) is 6.43. The molecule has 3 heteroatoms. The fraction of sp³-hybridized carbons (Fsp3) is 0.200. The van der Waals surface area contributed by atoms with Crippen molar-refractivity contribution in [3.05, 3.63) is 44.3 Å². The van der Waals surface area contributed by atoms with Crippen LogP contribution in [0.5, 0.6) is 0 Å². The summed E-state index contributed by atoms with van der Waals surface area (Å²) in [5.74, 6) is 0. The minimum absolute atomic E-state index is 0.382. The number of halogens is 1. The van der Waals surface area contributed by atoms with Gasteiger partial charge in [0.2, 0.25) is 0 Å². The van der Waals surface area contributed by atoms with Crippen molar-refractivity contribution >= 4 is 38.6 Å². The van der Waals surface area contributed by atoms with Gasteiger partial charge < -0.3 is 0 Å². The molecule has 0 aliphatic heterocycles. The van der Waals surface area contributed by atoms with E-state index in [2.05, 4.69) is 51.8 Å². The van der Waals surface area contributed by atoms with Crippen molar-refractivity contribution in [1.29, 1.82) is 0 Å². The quantitative estimate of drug-likeness (QED) is 0.701. The third-order valence-electron chi connectivity index (χ3n) is 1.92. The molecular formula is C10H9BrS2. The Balaban J connectivity index is 2.33. The lowest BCUT2D eigenvalue weighted by molar-refractivity contribution is 1.24. The van der Waals surface area contributed by atoms with Crippen LogP contribution >= 0.6 is 38.6 Å². The first-order chi connectivity index (χ1) is 6.29. The molecule has 0 radical (unpaired) electrons. The number of alkyl halides is 1. The molecule has 0 saturated carbocycles. The van der Waals surface area contributed by atoms with Crippen molar-refractivity contribution in [2.45, 2.75) is 11.8 Å². The standard InChI is InChI=1S/C10H9BrS2/c1-7-4-6-13-10(7)9(11)8-3-2-5-12-8/h2-6,9H,1H3. The van der Waals surface area contributed by atoms with Crippen LogP contribution in [-0.2, 0) is 0 Å². The van der Waals surface area contributed by atoms with Gasteiger partial charge in [0.05, 0.1) is 4.83 Å². The zero-order chi connectivity index (χ0) is 9.26. The maximum Gasteiger partial charge on any atom is 0.0833 e. The lowest BCUT2D eigenvalue weighted by atomic mass is 10.2. The van der Waals surface area contributed by atoms with Crippen LogP contribution in [0.4, 0.5) is 0 Å². The molecule has 0 nitrogen and oxygen atoms in total. The van der Waals surface area contributed by atoms with Gasteiger partial charge >= 0.3 is 0 Å². The first-order valence-electron chi connectivity index (χ1n) is 4.00. The number of thiophene rings is 2. The third kappa shape index (κ3) is 1.87. The molecule has 0 aliphatic rings. The van der Waals surface area contributed by atoms with Gasteiger partial charge in [-0.15, -0.1) is 22.7 Å². The van der Waals surface area contributed by atoms with Crippen LogP contribution < -0.4 is 0 Å². The van der Waals surface area contributed by atoms with E-state index in [-0.39, 0.29) is 0 Å². The van der Waals surface area contributed by atoms with E-state index in [0.717, 1.165) is 0 Å². The molecule has 0 aromatic carbocycles. The van der Waals surface area contributed by atoms with Gasteiger partial charge in [-0.3, -0.25) is 0 Å². The van der Waals surface area contributed by atoms with Crippen LogP contribution in [0.15, 0.2) is 29.0 Å². The number of hydrogen-bond donors (Lipinski definition) is 0. The van der Waals surface area contributed by atoms with Crippen LogP contribution in [-0.4, -0.2) is 0 Å². The molecule has 0 bridgehead atoms. The summed E-state index contributed by atoms with van der Waals surface area (Å²) in [5.41, 5.74) is 1.38. The lowest BCUT2D eigenvalue weighted by Crippen LogP contribution is -1.86. The first kappa shape index (κ1) is 9.44. The topological polar surface area (TPSA) is 0 Å². The molecule has 0 amide bonds. The number of rotatable bonds is 2. The summed E-state index contributed by atoms with van der Waals surface area (Å²) >= 11 is 7.34. The maximum absolute atomic E-state index is 3.72. The summed E-state index contributed by atoms with van der Waals surface area (Å²) in [5, 5.41) is 4.26. The second-order valence-corrected chi connectivity index (χ2v) is 5.69. The molecule has 0 N–H and O–H groups in total. The molecule has 0 aliphatic carbocycles. The molecule has 0 spiro atoms. The predicted molar refractivity (Wildman–Crippen MR) is 64.1 cm³/mol. The molecule has 2 rings (SSSR count). The van der Waals surface area contributed by atoms with E-state index in [1.807, 2.05) is 11.3 Å². The second kappa shape index (κ2) is 3.95. The monoisotopic (exact) mass is 272 g/mol. The average molecular weight is 273 g/mol. The van der Waals surface area contributed by atoms with Crippen molar-refractivity contribution < 1.29 is 0 Å². The van der Waals surface area contributed by atoms with E-state index in [0.29, 0.717) is 4.83 Å². The summed E-state index contributed by atoms with van der Waals surface area (Å²) in [7, 11) is 0. The van der Waals surface area contributed by atoms with Crippen molar-refractivity contribution in [3.63, 3.8) is 0 Å². The third-order valence-corrected chi connectivity index (χ3v) is 5.50. The van der Waals surface area contributed by atoms with E-state index in [4.69, 9.17) is 0 Å². The van der Waals surface area contributed by atoms with Gasteiger partial charge in [-0.05, 0) is 35.4 Å². The maximum atomic E-state index is 3.72. The second-order valence-electron chi connectivity index (χ2n) is 2.85. The molecule has 2 aromatic rings. The molecule has 0 saturated heterocycles. The molecular weight excluding hydrogens is 264 g/mol. The predicted octanol–water partition coefficient (Wildman–Crippen LogP) is 4.60. The van der Waals surface area contributed by atoms with Crippen molar-refractivity contribution in [2.24, 2.45) is 0 Å². The summed E-state index contributed by atoms with van der Waals surface area (Å²) in [4.78, 5) is 3.18. The van der Waals surface area contributed by atoms with E-state index in [1.54, 1.807) is 11.3 Å². The Morgan fingerprint density at radius 1 is 1.23 bits per heavy atom. The zero-order valence-corrected chi connectivity index (χ0v) is 10.4. The van der Waals surface area contributed by atoms with Crippen LogP contribution in [0.1, 0.15) is 20.1 Å². The normalized spacial score (nSPS) is 13.1. The Morgan fingerprint density at radius 3 is 2.62 bits per heavy atom. The molecule has 2 aromatic heterocycles. The van der Waals surface area contributed by atoms with E-state index < -0.39 is 0 Å². The van der Waals surface area contributed by atoms with Gasteiger partial charge in [-0.1, -0.05) is 22.0 Å². The van der Waals surface area contributed by atoms with Gasteiger partial charge in [-0.25, -0.2) is 0 Å². The van der Waals surface area contributed by atoms with Crippen LogP contribution in [0.3, 0.4) is 0 Å². The average Bonchev–Trinajstić information content (AvgIpc) is 2.72. The summed E-state index contributed by atoms with van der Waals surface area (Å²) in [6.07, 6.45) is 0. The van der Waals surface area contributed by atoms with Crippen LogP contribution in [0.2, 0.25) is 0 Å². The van der Waals surface area contributed by atoms with Crippen molar-refractivity contribution in [2.75, 3.05) is 0 Å². The Bertz CT molecular complexity index is 375.